The van der Waals surface area contributed by atoms with Crippen LogP contribution in [0.25, 0.3) is 0 Å². The molecule has 1 saturated heterocycles. The molecule has 0 atom stereocenters. The molecule has 33 heavy (non-hydrogen) atoms. The second-order valence-corrected chi connectivity index (χ2v) is 9.34. The smallest absolute Gasteiger partial charge is 0.243 e. The van der Waals surface area contributed by atoms with Crippen LogP contribution in [0, 0.1) is 5.92 Å². The van der Waals surface area contributed by atoms with E-state index in [9.17, 15) is 13.2 Å². The van der Waals surface area contributed by atoms with Crippen molar-refractivity contribution in [2.24, 2.45) is 11.0 Å². The molecule has 178 valence electrons. The van der Waals surface area contributed by atoms with Crippen LogP contribution in [0.5, 0.6) is 17.2 Å². The van der Waals surface area contributed by atoms with Gasteiger partial charge in [0.1, 0.15) is 5.75 Å². The number of nitrogens with zero attached hydrogens (tertiary/aromatic N) is 2. The summed E-state index contributed by atoms with van der Waals surface area (Å²) >= 11 is 0. The highest BCUT2D eigenvalue weighted by molar-refractivity contribution is 7.89. The molecule has 1 aliphatic rings. The number of benzene rings is 2. The minimum atomic E-state index is -3.71. The van der Waals surface area contributed by atoms with Gasteiger partial charge in [0.25, 0.3) is 0 Å². The molecule has 3 rings (SSSR count). The van der Waals surface area contributed by atoms with E-state index in [1.807, 2.05) is 31.2 Å². The lowest BCUT2D eigenvalue weighted by Crippen LogP contribution is -2.42. The molecule has 1 fully saturated rings. The predicted octanol–water partition coefficient (Wildman–Crippen LogP) is 2.65. The Bertz CT molecular complexity index is 1100. The van der Waals surface area contributed by atoms with Crippen molar-refractivity contribution in [1.29, 1.82) is 0 Å². The number of carbonyl (C=O) groups is 1. The lowest BCUT2D eigenvalue weighted by Gasteiger charge is -2.30. The summed E-state index contributed by atoms with van der Waals surface area (Å²) in [7, 11) is -0.765. The lowest BCUT2D eigenvalue weighted by molar-refractivity contribution is -0.126. The number of hydrogen-bond donors (Lipinski definition) is 1. The van der Waals surface area contributed by atoms with Gasteiger partial charge in [-0.2, -0.15) is 9.41 Å². The standard InChI is InChI=1S/C23H29N3O6S/c1-4-32-20-8-6-5-7-18(20)16-24-25-23(27)17-11-13-26(14-12-17)33(28,29)19-9-10-21(30-2)22(15-19)31-3/h5-10,15-17H,4,11-14H2,1-3H3,(H,25,27)/b24-16-. The lowest BCUT2D eigenvalue weighted by atomic mass is 9.98. The fourth-order valence-corrected chi connectivity index (χ4v) is 5.10. The summed E-state index contributed by atoms with van der Waals surface area (Å²) < 4.78 is 43.4. The van der Waals surface area contributed by atoms with E-state index in [2.05, 4.69) is 10.5 Å². The quantitative estimate of drug-likeness (QED) is 0.441. The zero-order chi connectivity index (χ0) is 23.8. The third-order valence-electron chi connectivity index (χ3n) is 5.41. The molecule has 1 amide bonds. The molecule has 0 saturated carbocycles. The van der Waals surface area contributed by atoms with Gasteiger partial charge in [0.15, 0.2) is 11.5 Å². The fourth-order valence-electron chi connectivity index (χ4n) is 3.62. The number of nitrogens with one attached hydrogen (secondary N) is 1. The highest BCUT2D eigenvalue weighted by Gasteiger charge is 2.32. The Hall–Kier alpha value is -3.11. The second kappa shape index (κ2) is 11.2. The van der Waals surface area contributed by atoms with Crippen LogP contribution >= 0.6 is 0 Å². The molecular weight excluding hydrogens is 446 g/mol. The molecule has 0 aliphatic carbocycles. The number of sulfonamides is 1. The molecule has 0 aromatic heterocycles. The van der Waals surface area contributed by atoms with Crippen molar-refractivity contribution < 1.29 is 27.4 Å². The molecule has 2 aromatic carbocycles. The van der Waals surface area contributed by atoms with Gasteiger partial charge in [0.05, 0.1) is 31.9 Å². The molecule has 0 bridgehead atoms. The minimum absolute atomic E-state index is 0.126. The summed E-state index contributed by atoms with van der Waals surface area (Å²) in [6.07, 6.45) is 2.35. The van der Waals surface area contributed by atoms with Crippen molar-refractivity contribution in [3.8, 4) is 17.2 Å². The molecule has 0 unspecified atom stereocenters. The molecule has 2 aromatic rings. The fraction of sp³-hybridized carbons (Fsp3) is 0.391. The molecule has 0 radical (unpaired) electrons. The first-order valence-corrected chi connectivity index (χ1v) is 12.1. The van der Waals surface area contributed by atoms with E-state index < -0.39 is 10.0 Å². The zero-order valence-electron chi connectivity index (χ0n) is 19.0. The van der Waals surface area contributed by atoms with Crippen LogP contribution in [0.1, 0.15) is 25.3 Å². The van der Waals surface area contributed by atoms with Crippen LogP contribution in [-0.4, -0.2) is 58.8 Å². The Labute approximate surface area is 194 Å². The zero-order valence-corrected chi connectivity index (χ0v) is 19.8. The van der Waals surface area contributed by atoms with Crippen LogP contribution in [-0.2, 0) is 14.8 Å². The molecule has 10 heteroatoms. The second-order valence-electron chi connectivity index (χ2n) is 7.40. The first-order chi connectivity index (χ1) is 15.9. The number of hydrogen-bond acceptors (Lipinski definition) is 7. The first-order valence-electron chi connectivity index (χ1n) is 10.7. The van der Waals surface area contributed by atoms with Crippen molar-refractivity contribution in [3.63, 3.8) is 0 Å². The maximum atomic E-state index is 13.0. The maximum Gasteiger partial charge on any atom is 0.243 e. The van der Waals surface area contributed by atoms with Crippen molar-refractivity contribution in [2.45, 2.75) is 24.7 Å². The van der Waals surface area contributed by atoms with E-state index in [4.69, 9.17) is 14.2 Å². The summed E-state index contributed by atoms with van der Waals surface area (Å²) in [5, 5.41) is 4.05. The van der Waals surface area contributed by atoms with Crippen molar-refractivity contribution in [1.82, 2.24) is 9.73 Å². The molecule has 1 N–H and O–H groups in total. The van der Waals surface area contributed by atoms with Crippen molar-refractivity contribution in [3.05, 3.63) is 48.0 Å². The van der Waals surface area contributed by atoms with E-state index in [0.29, 0.717) is 36.7 Å². The number of carbonyl (C=O) groups excluding carboxylic acids is 1. The summed E-state index contributed by atoms with van der Waals surface area (Å²) in [6, 6.07) is 11.9. The highest BCUT2D eigenvalue weighted by Crippen LogP contribution is 2.32. The highest BCUT2D eigenvalue weighted by atomic mass is 32.2. The monoisotopic (exact) mass is 475 g/mol. The van der Waals surface area contributed by atoms with Crippen molar-refractivity contribution >= 4 is 22.1 Å². The molecule has 1 heterocycles. The average Bonchev–Trinajstić information content (AvgIpc) is 2.84. The van der Waals surface area contributed by atoms with Crippen molar-refractivity contribution in [2.75, 3.05) is 33.9 Å². The van der Waals surface area contributed by atoms with Gasteiger partial charge in [0, 0.05) is 30.6 Å². The molecule has 0 spiro atoms. The van der Waals surface area contributed by atoms with Gasteiger partial charge in [-0.15, -0.1) is 0 Å². The van der Waals surface area contributed by atoms with Gasteiger partial charge in [-0.1, -0.05) is 12.1 Å². The van der Waals surface area contributed by atoms with Gasteiger partial charge in [-0.05, 0) is 44.0 Å². The van der Waals surface area contributed by atoms with Gasteiger partial charge in [-0.25, -0.2) is 13.8 Å². The van der Waals surface area contributed by atoms with Crippen LogP contribution < -0.4 is 19.6 Å². The number of amides is 1. The summed E-state index contributed by atoms with van der Waals surface area (Å²) in [5.41, 5.74) is 3.32. The largest absolute Gasteiger partial charge is 0.493 e. The molecule has 1 aliphatic heterocycles. The summed E-state index contributed by atoms with van der Waals surface area (Å²) in [4.78, 5) is 12.7. The van der Waals surface area contributed by atoms with Crippen LogP contribution in [0.4, 0.5) is 0 Å². The topological polar surface area (TPSA) is 107 Å². The van der Waals surface area contributed by atoms with Crippen LogP contribution in [0.15, 0.2) is 52.5 Å². The SMILES string of the molecule is CCOc1ccccc1/C=N\NC(=O)C1CCN(S(=O)(=O)c2ccc(OC)c(OC)c2)CC1. The Kier molecular flexibility index (Phi) is 8.29. The van der Waals surface area contributed by atoms with Crippen LogP contribution in [0.2, 0.25) is 0 Å². The van der Waals surface area contributed by atoms with Gasteiger partial charge in [-0.3, -0.25) is 4.79 Å². The van der Waals surface area contributed by atoms with E-state index >= 15 is 0 Å². The van der Waals surface area contributed by atoms with Gasteiger partial charge >= 0.3 is 0 Å². The first kappa shape index (κ1) is 24.5. The number of piperidine rings is 1. The normalized spacial score (nSPS) is 15.4. The Morgan fingerprint density at radius 3 is 2.45 bits per heavy atom. The van der Waals surface area contributed by atoms with Gasteiger partial charge in [0.2, 0.25) is 15.9 Å². The number of ether oxygens (including phenoxy) is 3. The predicted molar refractivity (Wildman–Crippen MR) is 124 cm³/mol. The summed E-state index contributed by atoms with van der Waals surface area (Å²) in [5.74, 6) is 0.934. The van der Waals surface area contributed by atoms with E-state index in [1.54, 1.807) is 12.3 Å². The number of hydrazone groups is 1. The number of methoxy groups -OCH3 is 2. The Morgan fingerprint density at radius 1 is 1.09 bits per heavy atom. The van der Waals surface area contributed by atoms with E-state index in [1.165, 1.54) is 30.7 Å². The number of rotatable bonds is 9. The van der Waals surface area contributed by atoms with Gasteiger partial charge < -0.3 is 14.2 Å². The third-order valence-corrected chi connectivity index (χ3v) is 7.31. The average molecular weight is 476 g/mol. The molecular formula is C23H29N3O6S. The van der Waals surface area contributed by atoms with E-state index in [-0.39, 0.29) is 29.8 Å². The minimum Gasteiger partial charge on any atom is -0.493 e. The van der Waals surface area contributed by atoms with E-state index in [0.717, 1.165) is 5.56 Å². The Morgan fingerprint density at radius 2 is 1.79 bits per heavy atom. The summed E-state index contributed by atoms with van der Waals surface area (Å²) in [6.45, 7) is 2.91. The molecule has 9 nitrogen and oxygen atoms in total. The van der Waals surface area contributed by atoms with Crippen LogP contribution in [0.3, 0.4) is 0 Å². The third kappa shape index (κ3) is 5.82. The maximum absolute atomic E-state index is 13.0. The number of para-hydroxylation sites is 1. The Balaban J connectivity index is 1.58.